The van der Waals surface area contributed by atoms with Crippen LogP contribution in [-0.4, -0.2) is 13.2 Å². The van der Waals surface area contributed by atoms with Gasteiger partial charge >= 0.3 is 0 Å². The lowest BCUT2D eigenvalue weighted by molar-refractivity contribution is 0.126. The molecule has 0 radical (unpaired) electrons. The van der Waals surface area contributed by atoms with Gasteiger partial charge in [0.05, 0.1) is 0 Å². The third kappa shape index (κ3) is 8.20. The van der Waals surface area contributed by atoms with Crippen molar-refractivity contribution in [1.82, 2.24) is 0 Å². The van der Waals surface area contributed by atoms with E-state index in [0.29, 0.717) is 0 Å². The maximum absolute atomic E-state index is 5.74. The molecule has 1 aliphatic carbocycles. The first-order chi connectivity index (χ1) is 10.9. The van der Waals surface area contributed by atoms with Gasteiger partial charge in [-0.15, -0.1) is 5.73 Å². The Morgan fingerprint density at radius 3 is 1.27 bits per heavy atom. The van der Waals surface area contributed by atoms with Crippen molar-refractivity contribution in [3.05, 3.63) is 16.9 Å². The normalized spacial score (nSPS) is 24.4. The Bertz CT molecular complexity index is 319. The summed E-state index contributed by atoms with van der Waals surface area (Å²) >= 11 is 0. The van der Waals surface area contributed by atoms with E-state index < -0.39 is 0 Å². The van der Waals surface area contributed by atoms with E-state index >= 15 is 0 Å². The molecule has 0 aromatic rings. The van der Waals surface area contributed by atoms with Crippen LogP contribution < -0.4 is 0 Å². The second kappa shape index (κ2) is 12.0. The second-order valence-electron chi connectivity index (χ2n) is 7.19. The van der Waals surface area contributed by atoms with E-state index in [1.165, 1.54) is 103 Å². The largest absolute Gasteiger partial charge is 0.381 e. The van der Waals surface area contributed by atoms with E-state index in [0.717, 1.165) is 13.2 Å². The lowest BCUT2D eigenvalue weighted by Gasteiger charge is -2.10. The zero-order chi connectivity index (χ0) is 15.3. The highest BCUT2D eigenvalue weighted by atomic mass is 16.5. The highest BCUT2D eigenvalue weighted by Gasteiger charge is 2.05. The summed E-state index contributed by atoms with van der Waals surface area (Å²) < 4.78 is 5.74. The quantitative estimate of drug-likeness (QED) is 0.451. The van der Waals surface area contributed by atoms with Gasteiger partial charge in [0, 0.05) is 13.2 Å². The molecule has 22 heavy (non-hydrogen) atoms. The lowest BCUT2D eigenvalue weighted by Crippen LogP contribution is -1.98. The van der Waals surface area contributed by atoms with Crippen LogP contribution in [0.3, 0.4) is 0 Å². The first-order valence-corrected chi connectivity index (χ1v) is 9.99. The summed E-state index contributed by atoms with van der Waals surface area (Å²) in [4.78, 5) is 0. The van der Waals surface area contributed by atoms with E-state index in [-0.39, 0.29) is 0 Å². The van der Waals surface area contributed by atoms with Crippen LogP contribution in [-0.2, 0) is 4.74 Å². The van der Waals surface area contributed by atoms with Crippen molar-refractivity contribution in [2.75, 3.05) is 13.2 Å². The molecule has 0 spiro atoms. The Labute approximate surface area is 138 Å². The highest BCUT2D eigenvalue weighted by molar-refractivity contribution is 5.10. The first kappa shape index (κ1) is 17.8. The maximum Gasteiger partial charge on any atom is 0.0466 e. The number of allylic oxidation sites excluding steroid dienone is 1. The first-order valence-electron chi connectivity index (χ1n) is 9.99. The Morgan fingerprint density at radius 1 is 0.455 bits per heavy atom. The van der Waals surface area contributed by atoms with Gasteiger partial charge in [-0.1, -0.05) is 38.5 Å². The molecule has 0 aromatic heterocycles. The fraction of sp³-hybridized carbons (Fsp3) is 0.857. The maximum atomic E-state index is 5.74. The number of hydrogen-bond acceptors (Lipinski definition) is 1. The van der Waals surface area contributed by atoms with Gasteiger partial charge in [0.15, 0.2) is 0 Å². The van der Waals surface area contributed by atoms with Crippen LogP contribution in [0.1, 0.15) is 103 Å². The third-order valence-electron chi connectivity index (χ3n) is 5.10. The van der Waals surface area contributed by atoms with Gasteiger partial charge in [0.25, 0.3) is 0 Å². The Kier molecular flexibility index (Phi) is 9.70. The van der Waals surface area contributed by atoms with Gasteiger partial charge in [-0.3, -0.25) is 0 Å². The summed E-state index contributed by atoms with van der Waals surface area (Å²) in [6.07, 6.45) is 21.5. The van der Waals surface area contributed by atoms with E-state index in [1.54, 1.807) is 11.1 Å². The van der Waals surface area contributed by atoms with E-state index in [1.807, 2.05) is 0 Å². The third-order valence-corrected chi connectivity index (χ3v) is 5.10. The van der Waals surface area contributed by atoms with E-state index in [9.17, 15) is 0 Å². The molecule has 0 atom stereocenters. The van der Waals surface area contributed by atoms with Crippen molar-refractivity contribution < 1.29 is 4.74 Å². The molecule has 2 rings (SSSR count). The summed E-state index contributed by atoms with van der Waals surface area (Å²) in [6.45, 7) is 1.94. The Hall–Kier alpha value is -0.520. The molecular formula is C21H36O. The smallest absolute Gasteiger partial charge is 0.0466 e. The molecule has 1 heterocycles. The van der Waals surface area contributed by atoms with Gasteiger partial charge < -0.3 is 4.74 Å². The second-order valence-corrected chi connectivity index (χ2v) is 7.19. The minimum atomic E-state index is 0.972. The average Bonchev–Trinajstić information content (AvgIpc) is 2.57. The molecule has 1 heteroatoms. The fourth-order valence-electron chi connectivity index (χ4n) is 3.67. The molecule has 126 valence electrons. The van der Waals surface area contributed by atoms with Crippen LogP contribution in [0.4, 0.5) is 0 Å². The van der Waals surface area contributed by atoms with Crippen molar-refractivity contribution in [3.63, 3.8) is 0 Å². The SMILES string of the molecule is C1=C2CCCCCCCCC=1CCCCCOCCCCC2. The van der Waals surface area contributed by atoms with Gasteiger partial charge in [0.1, 0.15) is 0 Å². The monoisotopic (exact) mass is 304 g/mol. The summed E-state index contributed by atoms with van der Waals surface area (Å²) in [7, 11) is 0. The molecule has 0 unspecified atom stereocenters. The van der Waals surface area contributed by atoms with Gasteiger partial charge in [-0.2, -0.15) is 0 Å². The minimum Gasteiger partial charge on any atom is -0.381 e. The zero-order valence-corrected chi connectivity index (χ0v) is 14.6. The Morgan fingerprint density at radius 2 is 0.818 bits per heavy atom. The number of hydrogen-bond donors (Lipinski definition) is 0. The molecule has 2 bridgehead atoms. The molecule has 0 amide bonds. The lowest BCUT2D eigenvalue weighted by atomic mass is 9.98. The van der Waals surface area contributed by atoms with Crippen LogP contribution in [0, 0.1) is 0 Å². The Balaban J connectivity index is 2.01. The summed E-state index contributed by atoms with van der Waals surface area (Å²) in [5.41, 5.74) is 7.18. The molecular weight excluding hydrogens is 268 g/mol. The average molecular weight is 305 g/mol. The van der Waals surface area contributed by atoms with Gasteiger partial charge in [-0.05, 0) is 75.4 Å². The predicted octanol–water partition coefficient (Wildman–Crippen LogP) is 6.72. The van der Waals surface area contributed by atoms with E-state index in [4.69, 9.17) is 4.74 Å². The molecule has 2 aliphatic rings. The van der Waals surface area contributed by atoms with Crippen molar-refractivity contribution in [2.24, 2.45) is 0 Å². The molecule has 0 fully saturated rings. The van der Waals surface area contributed by atoms with Crippen molar-refractivity contribution >= 4 is 0 Å². The van der Waals surface area contributed by atoms with Crippen LogP contribution in [0.15, 0.2) is 16.9 Å². The van der Waals surface area contributed by atoms with Gasteiger partial charge in [-0.25, -0.2) is 0 Å². The van der Waals surface area contributed by atoms with Crippen LogP contribution in [0.25, 0.3) is 0 Å². The van der Waals surface area contributed by atoms with Gasteiger partial charge in [0.2, 0.25) is 0 Å². The molecule has 0 saturated carbocycles. The standard InChI is InChI=1S/C21H36O/c1-2-4-8-14-21-16-10-6-12-18-22-17-11-5-9-15-20(19-21)13-7-3-1/h1-18H2. The predicted molar refractivity (Wildman–Crippen MR) is 95.2 cm³/mol. The fourth-order valence-corrected chi connectivity index (χ4v) is 3.67. The minimum absolute atomic E-state index is 0.972. The zero-order valence-electron chi connectivity index (χ0n) is 14.6. The molecule has 1 aliphatic heterocycles. The number of rotatable bonds is 0. The van der Waals surface area contributed by atoms with Crippen molar-refractivity contribution in [3.8, 4) is 0 Å². The topological polar surface area (TPSA) is 9.23 Å². The number of ether oxygens (including phenoxy) is 1. The molecule has 0 saturated heterocycles. The van der Waals surface area contributed by atoms with Crippen LogP contribution in [0.5, 0.6) is 0 Å². The summed E-state index contributed by atoms with van der Waals surface area (Å²) in [5, 5.41) is 0. The van der Waals surface area contributed by atoms with Crippen LogP contribution in [0.2, 0.25) is 0 Å². The van der Waals surface area contributed by atoms with Crippen molar-refractivity contribution in [2.45, 2.75) is 103 Å². The van der Waals surface area contributed by atoms with Crippen molar-refractivity contribution in [1.29, 1.82) is 0 Å². The summed E-state index contributed by atoms with van der Waals surface area (Å²) in [6, 6.07) is 0. The highest BCUT2D eigenvalue weighted by Crippen LogP contribution is 2.23. The summed E-state index contributed by atoms with van der Waals surface area (Å²) in [5.74, 6) is 0. The molecule has 0 N–H and O–H groups in total. The molecule has 1 nitrogen and oxygen atoms in total. The molecule has 0 aromatic carbocycles. The van der Waals surface area contributed by atoms with Crippen LogP contribution >= 0.6 is 0 Å². The van der Waals surface area contributed by atoms with E-state index in [2.05, 4.69) is 5.73 Å².